The quantitative estimate of drug-likeness (QED) is 0.663. The van der Waals surface area contributed by atoms with Crippen molar-refractivity contribution >= 4 is 21.9 Å². The molecule has 1 saturated heterocycles. The van der Waals surface area contributed by atoms with Gasteiger partial charge in [0.15, 0.2) is 0 Å². The van der Waals surface area contributed by atoms with Crippen LogP contribution < -0.4 is 14.9 Å². The third-order valence-electron chi connectivity index (χ3n) is 3.83. The van der Waals surface area contributed by atoms with E-state index >= 15 is 0 Å². The smallest absolute Gasteiger partial charge is 0.225 e. The van der Waals surface area contributed by atoms with Gasteiger partial charge in [0.2, 0.25) is 21.9 Å². The van der Waals surface area contributed by atoms with Crippen LogP contribution >= 0.6 is 0 Å². The van der Waals surface area contributed by atoms with Crippen LogP contribution in [0.3, 0.4) is 0 Å². The first kappa shape index (κ1) is 17.6. The van der Waals surface area contributed by atoms with Gasteiger partial charge in [0.1, 0.15) is 0 Å². The molecule has 23 heavy (non-hydrogen) atoms. The minimum atomic E-state index is -3.20. The van der Waals surface area contributed by atoms with E-state index in [0.29, 0.717) is 12.5 Å². The Hall–Kier alpha value is -1.74. The third kappa shape index (κ3) is 5.43. The predicted molar refractivity (Wildman–Crippen MR) is 87.4 cm³/mol. The molecule has 2 rings (SSSR count). The second kappa shape index (κ2) is 8.21. The maximum atomic E-state index is 12.1. The van der Waals surface area contributed by atoms with Crippen molar-refractivity contribution in [3.63, 3.8) is 0 Å². The predicted octanol–water partition coefficient (Wildman–Crippen LogP) is -0.251. The fourth-order valence-electron chi connectivity index (χ4n) is 2.43. The minimum Gasteiger partial charge on any atom is -0.355 e. The number of hydrogen-bond acceptors (Lipinski definition) is 6. The maximum absolute atomic E-state index is 12.1. The van der Waals surface area contributed by atoms with Gasteiger partial charge in [-0.05, 0) is 25.8 Å². The van der Waals surface area contributed by atoms with Crippen molar-refractivity contribution in [1.82, 2.24) is 20.0 Å². The Morgan fingerprint density at radius 3 is 2.52 bits per heavy atom. The van der Waals surface area contributed by atoms with E-state index in [-0.39, 0.29) is 24.1 Å². The summed E-state index contributed by atoms with van der Waals surface area (Å²) in [6.07, 6.45) is 4.90. The highest BCUT2D eigenvalue weighted by Gasteiger charge is 2.25. The van der Waals surface area contributed by atoms with Gasteiger partial charge in [0.25, 0.3) is 0 Å². The molecule has 0 spiro atoms. The summed E-state index contributed by atoms with van der Waals surface area (Å²) in [5.41, 5.74) is 0. The molecule has 1 aromatic rings. The van der Waals surface area contributed by atoms with E-state index in [9.17, 15) is 13.2 Å². The lowest BCUT2D eigenvalue weighted by Crippen LogP contribution is -2.43. The van der Waals surface area contributed by atoms with E-state index in [4.69, 9.17) is 0 Å². The van der Waals surface area contributed by atoms with Crippen LogP contribution in [0.5, 0.6) is 0 Å². The molecule has 1 aromatic heterocycles. The normalized spacial score (nSPS) is 16.3. The monoisotopic (exact) mass is 341 g/mol. The zero-order valence-corrected chi connectivity index (χ0v) is 14.1. The number of sulfonamides is 1. The Morgan fingerprint density at radius 2 is 1.91 bits per heavy atom. The Balaban J connectivity index is 1.70. The van der Waals surface area contributed by atoms with Crippen LogP contribution in [0.1, 0.15) is 19.8 Å². The van der Waals surface area contributed by atoms with Gasteiger partial charge < -0.3 is 10.2 Å². The fourth-order valence-corrected chi connectivity index (χ4v) is 3.05. The summed E-state index contributed by atoms with van der Waals surface area (Å²) in [5, 5.41) is 2.79. The van der Waals surface area contributed by atoms with Gasteiger partial charge in [-0.25, -0.2) is 23.1 Å². The first-order valence-electron chi connectivity index (χ1n) is 7.79. The van der Waals surface area contributed by atoms with Crippen molar-refractivity contribution in [1.29, 1.82) is 0 Å². The first-order valence-corrected chi connectivity index (χ1v) is 9.44. The standard InChI is InChI=1S/C14H23N5O3S/c1-2-23(21,22)18-9-8-15-13(20)12-4-10-19(11-5-12)14-16-6-3-7-17-14/h3,6-7,12,18H,2,4-5,8-11H2,1H3,(H,15,20). The van der Waals surface area contributed by atoms with E-state index in [1.165, 1.54) is 0 Å². The second-order valence-corrected chi connectivity index (χ2v) is 7.49. The van der Waals surface area contributed by atoms with Crippen molar-refractivity contribution in [2.24, 2.45) is 5.92 Å². The Bertz CT molecular complexity index is 600. The average molecular weight is 341 g/mol. The van der Waals surface area contributed by atoms with Gasteiger partial charge >= 0.3 is 0 Å². The third-order valence-corrected chi connectivity index (χ3v) is 5.23. The molecular formula is C14H23N5O3S. The lowest BCUT2D eigenvalue weighted by molar-refractivity contribution is -0.125. The van der Waals surface area contributed by atoms with Gasteiger partial charge in [-0.15, -0.1) is 0 Å². The second-order valence-electron chi connectivity index (χ2n) is 5.40. The van der Waals surface area contributed by atoms with E-state index < -0.39 is 10.0 Å². The number of aromatic nitrogens is 2. The molecule has 0 aliphatic carbocycles. The van der Waals surface area contributed by atoms with Gasteiger partial charge in [0.05, 0.1) is 5.75 Å². The van der Waals surface area contributed by atoms with Crippen LogP contribution in [0, 0.1) is 5.92 Å². The number of piperidine rings is 1. The van der Waals surface area contributed by atoms with Crippen LogP contribution in [0.2, 0.25) is 0 Å². The summed E-state index contributed by atoms with van der Waals surface area (Å²) in [4.78, 5) is 22.6. The van der Waals surface area contributed by atoms with Crippen LogP contribution in [0.4, 0.5) is 5.95 Å². The van der Waals surface area contributed by atoms with Crippen molar-refractivity contribution in [2.45, 2.75) is 19.8 Å². The van der Waals surface area contributed by atoms with Crippen molar-refractivity contribution in [2.75, 3.05) is 36.8 Å². The molecule has 0 atom stereocenters. The number of amides is 1. The number of carbonyl (C=O) groups is 1. The van der Waals surface area contributed by atoms with Gasteiger partial charge in [-0.3, -0.25) is 4.79 Å². The summed E-state index contributed by atoms with van der Waals surface area (Å²) in [6, 6.07) is 1.77. The molecule has 0 unspecified atom stereocenters. The summed E-state index contributed by atoms with van der Waals surface area (Å²) >= 11 is 0. The average Bonchev–Trinajstić information content (AvgIpc) is 2.59. The zero-order chi connectivity index (χ0) is 16.7. The Kier molecular flexibility index (Phi) is 6.28. The number of nitrogens with one attached hydrogen (secondary N) is 2. The molecule has 0 bridgehead atoms. The molecule has 1 aliphatic heterocycles. The highest BCUT2D eigenvalue weighted by Crippen LogP contribution is 2.20. The molecule has 2 N–H and O–H groups in total. The van der Waals surface area contributed by atoms with Crippen LogP contribution in [-0.2, 0) is 14.8 Å². The molecule has 0 saturated carbocycles. The van der Waals surface area contributed by atoms with Crippen molar-refractivity contribution in [3.05, 3.63) is 18.5 Å². The molecule has 128 valence electrons. The van der Waals surface area contributed by atoms with Gasteiger partial charge in [-0.1, -0.05) is 0 Å². The van der Waals surface area contributed by atoms with E-state index in [1.807, 2.05) is 0 Å². The highest BCUT2D eigenvalue weighted by molar-refractivity contribution is 7.89. The number of hydrogen-bond donors (Lipinski definition) is 2. The molecule has 2 heterocycles. The van der Waals surface area contributed by atoms with E-state index in [0.717, 1.165) is 25.9 Å². The summed E-state index contributed by atoms with van der Waals surface area (Å²) in [6.45, 7) is 3.58. The molecule has 8 nitrogen and oxygen atoms in total. The number of anilines is 1. The highest BCUT2D eigenvalue weighted by atomic mass is 32.2. The van der Waals surface area contributed by atoms with Crippen LogP contribution in [-0.4, -0.2) is 56.2 Å². The van der Waals surface area contributed by atoms with Crippen LogP contribution in [0.15, 0.2) is 18.5 Å². The van der Waals surface area contributed by atoms with Gasteiger partial charge in [0, 0.05) is 44.5 Å². The largest absolute Gasteiger partial charge is 0.355 e. The first-order chi connectivity index (χ1) is 11.0. The minimum absolute atomic E-state index is 0.0191. The summed E-state index contributed by atoms with van der Waals surface area (Å²) in [7, 11) is -3.20. The molecular weight excluding hydrogens is 318 g/mol. The number of nitrogens with zero attached hydrogens (tertiary/aromatic N) is 3. The van der Waals surface area contributed by atoms with Crippen LogP contribution in [0.25, 0.3) is 0 Å². The fraction of sp³-hybridized carbons (Fsp3) is 0.643. The molecule has 1 aliphatic rings. The Labute approximate surface area is 136 Å². The van der Waals surface area contributed by atoms with E-state index in [1.54, 1.807) is 25.4 Å². The van der Waals surface area contributed by atoms with Gasteiger partial charge in [-0.2, -0.15) is 0 Å². The Morgan fingerprint density at radius 1 is 1.26 bits per heavy atom. The maximum Gasteiger partial charge on any atom is 0.225 e. The summed E-state index contributed by atoms with van der Waals surface area (Å²) < 4.78 is 25.0. The number of carbonyl (C=O) groups excluding carboxylic acids is 1. The lowest BCUT2D eigenvalue weighted by Gasteiger charge is -2.31. The zero-order valence-electron chi connectivity index (χ0n) is 13.2. The van der Waals surface area contributed by atoms with Crippen molar-refractivity contribution in [3.8, 4) is 0 Å². The lowest BCUT2D eigenvalue weighted by atomic mass is 9.96. The molecule has 1 fully saturated rings. The number of rotatable bonds is 7. The topological polar surface area (TPSA) is 104 Å². The van der Waals surface area contributed by atoms with Crippen molar-refractivity contribution < 1.29 is 13.2 Å². The summed E-state index contributed by atoms with van der Waals surface area (Å²) in [5.74, 6) is 0.674. The SMILES string of the molecule is CCS(=O)(=O)NCCNC(=O)C1CCN(c2ncccn2)CC1. The van der Waals surface area contributed by atoms with E-state index in [2.05, 4.69) is 24.9 Å². The molecule has 9 heteroatoms. The molecule has 1 amide bonds. The molecule has 0 radical (unpaired) electrons. The molecule has 0 aromatic carbocycles.